The van der Waals surface area contributed by atoms with E-state index in [4.69, 9.17) is 16.3 Å². The maximum atomic E-state index is 13.0. The first-order chi connectivity index (χ1) is 14.0. The third kappa shape index (κ3) is 3.94. The normalized spacial score (nSPS) is 22.5. The first-order valence-corrected chi connectivity index (χ1v) is 11.7. The minimum Gasteiger partial charge on any atom is -0.383 e. The molecule has 29 heavy (non-hydrogen) atoms. The molecule has 1 spiro atoms. The fourth-order valence-corrected chi connectivity index (χ4v) is 6.51. The van der Waals surface area contributed by atoms with Crippen LogP contribution >= 0.6 is 11.6 Å². The van der Waals surface area contributed by atoms with E-state index < -0.39 is 10.0 Å². The molecular formula is C21H26ClN3O3S. The van der Waals surface area contributed by atoms with Crippen LogP contribution in [0.15, 0.2) is 53.7 Å². The Bertz CT molecular complexity index is 947. The van der Waals surface area contributed by atoms with E-state index >= 15 is 0 Å². The quantitative estimate of drug-likeness (QED) is 0.697. The Morgan fingerprint density at radius 2 is 1.93 bits per heavy atom. The summed E-state index contributed by atoms with van der Waals surface area (Å²) in [6.07, 6.45) is 5.33. The van der Waals surface area contributed by atoms with Crippen LogP contribution in [-0.4, -0.2) is 62.5 Å². The highest BCUT2D eigenvalue weighted by Crippen LogP contribution is 2.55. The van der Waals surface area contributed by atoms with Crippen LogP contribution in [0.1, 0.15) is 24.4 Å². The van der Waals surface area contributed by atoms with Gasteiger partial charge in [-0.1, -0.05) is 17.7 Å². The SMILES string of the molecule is COCCN1CC2(CCN(S(=O)(=O)c3cccc(Cl)c3)CC2)C1c1ccncc1. The molecule has 0 radical (unpaired) electrons. The van der Waals surface area contributed by atoms with E-state index in [1.165, 1.54) is 11.6 Å². The fraction of sp³-hybridized carbons (Fsp3) is 0.476. The summed E-state index contributed by atoms with van der Waals surface area (Å²) in [7, 11) is -1.80. The second-order valence-corrected chi connectivity index (χ2v) is 10.2. The summed E-state index contributed by atoms with van der Waals surface area (Å²) < 4.78 is 33.0. The van der Waals surface area contributed by atoms with E-state index in [2.05, 4.69) is 22.0 Å². The van der Waals surface area contributed by atoms with Gasteiger partial charge in [0.2, 0.25) is 10.0 Å². The molecule has 3 heterocycles. The highest BCUT2D eigenvalue weighted by Gasteiger charge is 2.54. The monoisotopic (exact) mass is 435 g/mol. The highest BCUT2D eigenvalue weighted by atomic mass is 35.5. The molecule has 0 N–H and O–H groups in total. The lowest BCUT2D eigenvalue weighted by atomic mass is 9.63. The van der Waals surface area contributed by atoms with E-state index in [0.29, 0.717) is 24.7 Å². The molecule has 0 aliphatic carbocycles. The number of benzene rings is 1. The number of likely N-dealkylation sites (tertiary alicyclic amines) is 1. The standard InChI is InChI=1S/C21H26ClN3O3S/c1-28-14-13-24-16-21(20(24)17-5-9-23-10-6-17)7-11-25(12-8-21)29(26,27)19-4-2-3-18(22)15-19/h2-6,9-10,15,20H,7-8,11-14,16H2,1H3. The topological polar surface area (TPSA) is 62.7 Å². The zero-order chi connectivity index (χ0) is 20.5. The maximum Gasteiger partial charge on any atom is 0.243 e. The molecule has 2 aliphatic heterocycles. The minimum atomic E-state index is -3.52. The number of rotatable bonds is 6. The lowest BCUT2D eigenvalue weighted by molar-refractivity contribution is -0.110. The van der Waals surface area contributed by atoms with Crippen molar-refractivity contribution >= 4 is 21.6 Å². The van der Waals surface area contributed by atoms with Crippen LogP contribution in [0.25, 0.3) is 0 Å². The van der Waals surface area contributed by atoms with Gasteiger partial charge in [0.15, 0.2) is 0 Å². The van der Waals surface area contributed by atoms with Gasteiger partial charge in [0.05, 0.1) is 11.5 Å². The maximum absolute atomic E-state index is 13.0. The predicted octanol–water partition coefficient (Wildman–Crippen LogP) is 3.21. The Balaban J connectivity index is 1.51. The number of hydrogen-bond donors (Lipinski definition) is 0. The van der Waals surface area contributed by atoms with Gasteiger partial charge in [0.25, 0.3) is 0 Å². The minimum absolute atomic E-state index is 0.0927. The van der Waals surface area contributed by atoms with Crippen molar-refractivity contribution in [2.45, 2.75) is 23.8 Å². The van der Waals surface area contributed by atoms with Gasteiger partial charge in [-0.05, 0) is 48.7 Å². The number of aromatic nitrogens is 1. The van der Waals surface area contributed by atoms with Gasteiger partial charge in [-0.3, -0.25) is 9.88 Å². The van der Waals surface area contributed by atoms with Crippen LogP contribution < -0.4 is 0 Å². The molecule has 1 atom stereocenters. The second kappa shape index (κ2) is 8.32. The van der Waals surface area contributed by atoms with E-state index in [1.807, 2.05) is 12.4 Å². The molecule has 1 unspecified atom stereocenters. The van der Waals surface area contributed by atoms with Crippen molar-refractivity contribution in [1.82, 2.24) is 14.2 Å². The van der Waals surface area contributed by atoms with E-state index in [0.717, 1.165) is 25.9 Å². The van der Waals surface area contributed by atoms with Crippen LogP contribution in [0.4, 0.5) is 0 Å². The van der Waals surface area contributed by atoms with Gasteiger partial charge in [0.1, 0.15) is 0 Å². The van der Waals surface area contributed by atoms with Crippen molar-refractivity contribution in [2.24, 2.45) is 5.41 Å². The molecule has 8 heteroatoms. The first-order valence-electron chi connectivity index (χ1n) is 9.85. The van der Waals surface area contributed by atoms with Crippen molar-refractivity contribution in [3.05, 3.63) is 59.4 Å². The van der Waals surface area contributed by atoms with Crippen molar-refractivity contribution < 1.29 is 13.2 Å². The number of pyridine rings is 1. The lowest BCUT2D eigenvalue weighted by Crippen LogP contribution is -2.62. The number of sulfonamides is 1. The lowest BCUT2D eigenvalue weighted by Gasteiger charge is -2.60. The van der Waals surface area contributed by atoms with Gasteiger partial charge in [-0.2, -0.15) is 4.31 Å². The van der Waals surface area contributed by atoms with E-state index in [9.17, 15) is 8.42 Å². The Kier molecular flexibility index (Phi) is 5.95. The first kappa shape index (κ1) is 20.8. The summed E-state index contributed by atoms with van der Waals surface area (Å²) in [6.45, 7) is 3.57. The summed E-state index contributed by atoms with van der Waals surface area (Å²) >= 11 is 6.01. The summed E-state index contributed by atoms with van der Waals surface area (Å²) in [5, 5.41) is 0.435. The molecule has 4 rings (SSSR count). The average molecular weight is 436 g/mol. The third-order valence-corrected chi connectivity index (χ3v) is 8.35. The Hall–Kier alpha value is -1.51. The number of nitrogens with zero attached hydrogens (tertiary/aromatic N) is 3. The van der Waals surface area contributed by atoms with Crippen LogP contribution in [0.5, 0.6) is 0 Å². The van der Waals surface area contributed by atoms with Crippen molar-refractivity contribution in [1.29, 1.82) is 0 Å². The van der Waals surface area contributed by atoms with Gasteiger partial charge >= 0.3 is 0 Å². The molecule has 1 aromatic carbocycles. The summed E-state index contributed by atoms with van der Waals surface area (Å²) in [6, 6.07) is 10.9. The van der Waals surface area contributed by atoms with Crippen LogP contribution in [0.2, 0.25) is 5.02 Å². The Morgan fingerprint density at radius 3 is 2.59 bits per heavy atom. The zero-order valence-corrected chi connectivity index (χ0v) is 18.1. The van der Waals surface area contributed by atoms with Crippen LogP contribution in [0.3, 0.4) is 0 Å². The molecule has 2 saturated heterocycles. The summed E-state index contributed by atoms with van der Waals surface area (Å²) in [4.78, 5) is 6.85. The van der Waals surface area contributed by atoms with Crippen molar-refractivity contribution in [2.75, 3.05) is 39.9 Å². The Morgan fingerprint density at radius 1 is 1.21 bits per heavy atom. The molecule has 6 nitrogen and oxygen atoms in total. The number of hydrogen-bond acceptors (Lipinski definition) is 5. The Labute approximate surface area is 177 Å². The van der Waals surface area contributed by atoms with Gasteiger partial charge < -0.3 is 4.74 Å². The van der Waals surface area contributed by atoms with Crippen molar-refractivity contribution in [3.63, 3.8) is 0 Å². The second-order valence-electron chi connectivity index (χ2n) is 7.87. The molecule has 0 saturated carbocycles. The number of ether oxygens (including phenoxy) is 1. The van der Waals surface area contributed by atoms with Crippen LogP contribution in [-0.2, 0) is 14.8 Å². The predicted molar refractivity (Wildman–Crippen MR) is 112 cm³/mol. The molecule has 0 bridgehead atoms. The van der Waals surface area contributed by atoms with E-state index in [1.54, 1.807) is 29.6 Å². The van der Waals surface area contributed by atoms with Gasteiger partial charge in [0, 0.05) is 62.2 Å². The zero-order valence-electron chi connectivity index (χ0n) is 16.5. The molecule has 2 aromatic rings. The fourth-order valence-electron chi connectivity index (χ4n) is 4.76. The summed E-state index contributed by atoms with van der Waals surface area (Å²) in [5.74, 6) is 0. The number of halogens is 1. The molecule has 0 amide bonds. The largest absolute Gasteiger partial charge is 0.383 e. The molecule has 2 fully saturated rings. The number of methoxy groups -OCH3 is 1. The molecule has 156 valence electrons. The van der Waals surface area contributed by atoms with Gasteiger partial charge in [-0.25, -0.2) is 8.42 Å². The van der Waals surface area contributed by atoms with Crippen molar-refractivity contribution in [3.8, 4) is 0 Å². The molecule has 1 aromatic heterocycles. The highest BCUT2D eigenvalue weighted by molar-refractivity contribution is 7.89. The van der Waals surface area contributed by atoms with Crippen LogP contribution in [0, 0.1) is 5.41 Å². The molecule has 2 aliphatic rings. The average Bonchev–Trinajstić information content (AvgIpc) is 2.72. The van der Waals surface area contributed by atoms with E-state index in [-0.39, 0.29) is 16.4 Å². The summed E-state index contributed by atoms with van der Waals surface area (Å²) in [5.41, 5.74) is 1.34. The third-order valence-electron chi connectivity index (χ3n) is 6.22. The number of piperidine rings is 1. The smallest absolute Gasteiger partial charge is 0.243 e. The van der Waals surface area contributed by atoms with Gasteiger partial charge in [-0.15, -0.1) is 0 Å². The molecular weight excluding hydrogens is 410 g/mol.